The molecule has 3 rings (SSSR count). The van der Waals surface area contributed by atoms with E-state index in [0.717, 1.165) is 18.6 Å². The van der Waals surface area contributed by atoms with E-state index in [2.05, 4.69) is 0 Å². The fourth-order valence-corrected chi connectivity index (χ4v) is 3.09. The smallest absolute Gasteiger partial charge is 0.328 e. The van der Waals surface area contributed by atoms with Crippen LogP contribution in [-0.4, -0.2) is 53.8 Å². The number of benzene rings is 1. The summed E-state index contributed by atoms with van der Waals surface area (Å²) in [4.78, 5) is 25.2. The maximum absolute atomic E-state index is 12.5. The molecule has 1 saturated carbocycles. The van der Waals surface area contributed by atoms with E-state index in [4.69, 9.17) is 9.47 Å². The predicted octanol–water partition coefficient (Wildman–Crippen LogP) is 1.93. The van der Waals surface area contributed by atoms with Crippen molar-refractivity contribution in [2.45, 2.75) is 37.8 Å². The van der Waals surface area contributed by atoms with Crippen LogP contribution < -0.4 is 4.74 Å². The molecule has 0 unspecified atom stereocenters. The number of carboxylic acids is 1. The molecule has 0 aromatic heterocycles. The van der Waals surface area contributed by atoms with Gasteiger partial charge >= 0.3 is 5.97 Å². The van der Waals surface area contributed by atoms with Crippen molar-refractivity contribution in [3.05, 3.63) is 29.8 Å². The van der Waals surface area contributed by atoms with E-state index in [9.17, 15) is 14.7 Å². The van der Waals surface area contributed by atoms with Gasteiger partial charge in [-0.25, -0.2) is 4.79 Å². The van der Waals surface area contributed by atoms with Crippen LogP contribution in [0.1, 0.15) is 36.0 Å². The van der Waals surface area contributed by atoms with Gasteiger partial charge in [-0.15, -0.1) is 0 Å². The molecule has 0 radical (unpaired) electrons. The highest BCUT2D eigenvalue weighted by Crippen LogP contribution is 2.24. The number of carbonyl (C=O) groups is 2. The molecule has 2 fully saturated rings. The van der Waals surface area contributed by atoms with Crippen molar-refractivity contribution < 1.29 is 24.2 Å². The third-order valence-electron chi connectivity index (χ3n) is 4.38. The Bertz CT molecular complexity index is 565. The lowest BCUT2D eigenvalue weighted by atomic mass is 10.1. The molecule has 2 aliphatic rings. The highest BCUT2D eigenvalue weighted by atomic mass is 16.5. The Morgan fingerprint density at radius 3 is 2.52 bits per heavy atom. The lowest BCUT2D eigenvalue weighted by molar-refractivity contribution is -0.147. The van der Waals surface area contributed by atoms with Gasteiger partial charge in [0.25, 0.3) is 5.91 Å². The van der Waals surface area contributed by atoms with E-state index in [1.807, 2.05) is 0 Å². The Kier molecular flexibility index (Phi) is 4.81. The molecule has 0 spiro atoms. The standard InChI is InChI=1S/C17H21NO5/c19-16(18-9-10-22-11-15(18)17(20)21)12-5-7-14(8-6-12)23-13-3-1-2-4-13/h5-8,13,15H,1-4,9-11H2,(H,20,21)/t15-/m1/s1. The molecule has 23 heavy (non-hydrogen) atoms. The van der Waals surface area contributed by atoms with Crippen LogP contribution in [-0.2, 0) is 9.53 Å². The molecule has 1 saturated heterocycles. The van der Waals surface area contributed by atoms with E-state index in [-0.39, 0.29) is 25.2 Å². The van der Waals surface area contributed by atoms with Crippen LogP contribution in [0.2, 0.25) is 0 Å². The molecular weight excluding hydrogens is 298 g/mol. The molecule has 6 heteroatoms. The minimum atomic E-state index is -1.04. The molecule has 6 nitrogen and oxygen atoms in total. The second kappa shape index (κ2) is 7.00. The Balaban J connectivity index is 1.67. The van der Waals surface area contributed by atoms with Gasteiger partial charge in [0, 0.05) is 12.1 Å². The van der Waals surface area contributed by atoms with Crippen molar-refractivity contribution in [2.24, 2.45) is 0 Å². The number of hydrogen-bond donors (Lipinski definition) is 1. The monoisotopic (exact) mass is 319 g/mol. The first kappa shape index (κ1) is 15.8. The van der Waals surface area contributed by atoms with Crippen LogP contribution >= 0.6 is 0 Å². The highest BCUT2D eigenvalue weighted by Gasteiger charge is 2.33. The molecular formula is C17H21NO5. The first-order chi connectivity index (χ1) is 11.1. The minimum absolute atomic E-state index is 0.0317. The summed E-state index contributed by atoms with van der Waals surface area (Å²) < 4.78 is 11.0. The summed E-state index contributed by atoms with van der Waals surface area (Å²) in [6.07, 6.45) is 4.83. The number of aliphatic carboxylic acids is 1. The third-order valence-corrected chi connectivity index (χ3v) is 4.38. The van der Waals surface area contributed by atoms with Gasteiger partial charge in [-0.2, -0.15) is 0 Å². The third kappa shape index (κ3) is 3.64. The second-order valence-electron chi connectivity index (χ2n) is 5.98. The SMILES string of the molecule is O=C(O)[C@H]1COCCN1C(=O)c1ccc(OC2CCCC2)cc1. The Labute approximate surface area is 135 Å². The summed E-state index contributed by atoms with van der Waals surface area (Å²) in [6.45, 7) is 0.679. The summed E-state index contributed by atoms with van der Waals surface area (Å²) in [5, 5.41) is 9.21. The molecule has 1 atom stereocenters. The van der Waals surface area contributed by atoms with Crippen molar-refractivity contribution in [1.29, 1.82) is 0 Å². The summed E-state index contributed by atoms with van der Waals surface area (Å²) in [5.74, 6) is -0.572. The van der Waals surface area contributed by atoms with Gasteiger partial charge in [0.1, 0.15) is 5.75 Å². The van der Waals surface area contributed by atoms with Gasteiger partial charge in [-0.1, -0.05) is 0 Å². The number of carbonyl (C=O) groups excluding carboxylic acids is 1. The quantitative estimate of drug-likeness (QED) is 0.918. The number of rotatable bonds is 4. The maximum atomic E-state index is 12.5. The Morgan fingerprint density at radius 2 is 1.87 bits per heavy atom. The van der Waals surface area contributed by atoms with Gasteiger partial charge in [-0.05, 0) is 49.9 Å². The van der Waals surface area contributed by atoms with E-state index >= 15 is 0 Å². The molecule has 1 N–H and O–H groups in total. The first-order valence-corrected chi connectivity index (χ1v) is 8.03. The molecule has 124 valence electrons. The first-order valence-electron chi connectivity index (χ1n) is 8.03. The van der Waals surface area contributed by atoms with Crippen molar-refractivity contribution >= 4 is 11.9 Å². The number of hydrogen-bond acceptors (Lipinski definition) is 4. The van der Waals surface area contributed by atoms with E-state index in [0.29, 0.717) is 12.2 Å². The zero-order valence-electron chi connectivity index (χ0n) is 12.9. The van der Waals surface area contributed by atoms with Crippen molar-refractivity contribution in [3.8, 4) is 5.75 Å². The van der Waals surface area contributed by atoms with Crippen LogP contribution in [0.25, 0.3) is 0 Å². The summed E-state index contributed by atoms with van der Waals surface area (Å²) in [7, 11) is 0. The van der Waals surface area contributed by atoms with E-state index < -0.39 is 12.0 Å². The second-order valence-corrected chi connectivity index (χ2v) is 5.98. The van der Waals surface area contributed by atoms with E-state index in [1.165, 1.54) is 17.7 Å². The van der Waals surface area contributed by atoms with Crippen molar-refractivity contribution in [3.63, 3.8) is 0 Å². The van der Waals surface area contributed by atoms with Crippen molar-refractivity contribution in [1.82, 2.24) is 4.90 Å². The zero-order chi connectivity index (χ0) is 16.2. The van der Waals surface area contributed by atoms with Crippen LogP contribution in [0.15, 0.2) is 24.3 Å². The van der Waals surface area contributed by atoms with Gasteiger partial charge in [0.2, 0.25) is 0 Å². The van der Waals surface area contributed by atoms with Crippen LogP contribution in [0, 0.1) is 0 Å². The largest absolute Gasteiger partial charge is 0.490 e. The molecule has 0 bridgehead atoms. The van der Waals surface area contributed by atoms with Gasteiger partial charge < -0.3 is 19.5 Å². The molecule has 1 heterocycles. The number of amides is 1. The zero-order valence-corrected chi connectivity index (χ0v) is 12.9. The average Bonchev–Trinajstić information content (AvgIpc) is 3.08. The number of carboxylic acid groups (broad SMARTS) is 1. The van der Waals surface area contributed by atoms with Gasteiger partial charge in [-0.3, -0.25) is 4.79 Å². The van der Waals surface area contributed by atoms with Gasteiger partial charge in [0.05, 0.1) is 19.3 Å². The van der Waals surface area contributed by atoms with Gasteiger partial charge in [0.15, 0.2) is 6.04 Å². The lowest BCUT2D eigenvalue weighted by Gasteiger charge is -2.32. The number of morpholine rings is 1. The normalized spacial score (nSPS) is 22.1. The van der Waals surface area contributed by atoms with Crippen molar-refractivity contribution in [2.75, 3.05) is 19.8 Å². The topological polar surface area (TPSA) is 76.1 Å². The molecule has 1 aromatic carbocycles. The molecule has 1 aliphatic heterocycles. The van der Waals surface area contributed by atoms with Crippen LogP contribution in [0.3, 0.4) is 0 Å². The fraction of sp³-hybridized carbons (Fsp3) is 0.529. The molecule has 1 amide bonds. The number of nitrogens with zero attached hydrogens (tertiary/aromatic N) is 1. The average molecular weight is 319 g/mol. The number of ether oxygens (including phenoxy) is 2. The summed E-state index contributed by atoms with van der Waals surface area (Å²) in [6, 6.07) is 6.02. The fourth-order valence-electron chi connectivity index (χ4n) is 3.09. The molecule has 1 aliphatic carbocycles. The predicted molar refractivity (Wildman–Crippen MR) is 82.6 cm³/mol. The Morgan fingerprint density at radius 1 is 1.17 bits per heavy atom. The highest BCUT2D eigenvalue weighted by molar-refractivity contribution is 5.96. The van der Waals surface area contributed by atoms with Crippen LogP contribution in [0.5, 0.6) is 5.75 Å². The lowest BCUT2D eigenvalue weighted by Crippen LogP contribution is -2.52. The molecule has 1 aromatic rings. The summed E-state index contributed by atoms with van der Waals surface area (Å²) in [5.41, 5.74) is 0.469. The Hall–Kier alpha value is -2.08. The maximum Gasteiger partial charge on any atom is 0.328 e. The summed E-state index contributed by atoms with van der Waals surface area (Å²) >= 11 is 0. The van der Waals surface area contributed by atoms with E-state index in [1.54, 1.807) is 24.3 Å². The van der Waals surface area contributed by atoms with Crippen LogP contribution in [0.4, 0.5) is 0 Å². The minimum Gasteiger partial charge on any atom is -0.490 e.